The van der Waals surface area contributed by atoms with Crippen molar-refractivity contribution in [3.63, 3.8) is 0 Å². The largest absolute Gasteiger partial charge is 0.345 e. The normalized spacial score (nSPS) is 25.2. The molecule has 1 aliphatic heterocycles. The molecule has 2 atom stereocenters. The second-order valence-electron chi connectivity index (χ2n) is 5.51. The van der Waals surface area contributed by atoms with Gasteiger partial charge in [-0.1, -0.05) is 0 Å². The van der Waals surface area contributed by atoms with E-state index in [-0.39, 0.29) is 5.82 Å². The maximum Gasteiger partial charge on any atom is 0.186 e. The molecular weight excluding hydrogens is 259 g/mol. The number of nitrogens with zero attached hydrogens (tertiary/aromatic N) is 2. The first-order valence-corrected chi connectivity index (χ1v) is 7.65. The molecule has 1 saturated heterocycles. The third-order valence-corrected chi connectivity index (χ3v) is 5.16. The van der Waals surface area contributed by atoms with Crippen LogP contribution in [0.15, 0.2) is 29.6 Å². The molecule has 2 aromatic rings. The molecule has 2 bridgehead atoms. The van der Waals surface area contributed by atoms with Crippen molar-refractivity contribution in [1.29, 1.82) is 0 Å². The summed E-state index contributed by atoms with van der Waals surface area (Å²) >= 11 is 1.71. The summed E-state index contributed by atoms with van der Waals surface area (Å²) in [5.41, 5.74) is 1.95. The minimum absolute atomic E-state index is 0.198. The Morgan fingerprint density at radius 2 is 2.05 bits per heavy atom. The Labute approximate surface area is 115 Å². The summed E-state index contributed by atoms with van der Waals surface area (Å²) in [5, 5.41) is 3.21. The van der Waals surface area contributed by atoms with Crippen LogP contribution in [0.1, 0.15) is 19.3 Å². The van der Waals surface area contributed by atoms with E-state index in [9.17, 15) is 4.39 Å². The Balaban J connectivity index is 1.61. The predicted octanol–water partition coefficient (Wildman–Crippen LogP) is 3.94. The monoisotopic (exact) mass is 274 g/mol. The van der Waals surface area contributed by atoms with Gasteiger partial charge in [-0.15, -0.1) is 11.3 Å². The number of hydrogen-bond donors (Lipinski definition) is 0. The summed E-state index contributed by atoms with van der Waals surface area (Å²) in [6, 6.07) is 7.28. The number of piperidine rings is 1. The van der Waals surface area contributed by atoms with Crippen molar-refractivity contribution < 1.29 is 4.39 Å². The van der Waals surface area contributed by atoms with Gasteiger partial charge < -0.3 is 4.90 Å². The lowest BCUT2D eigenvalue weighted by molar-refractivity contribution is 0.553. The average molecular weight is 274 g/mol. The van der Waals surface area contributed by atoms with Crippen molar-refractivity contribution in [2.75, 3.05) is 11.4 Å². The highest BCUT2D eigenvalue weighted by atomic mass is 32.1. The standard InChI is InChI=1S/C15H15FN2S/c16-12-4-2-11(3-5-12)14-9-19-15(17-14)18-8-10-1-6-13(18)7-10/h2-5,9-10,13H,1,6-8H2. The van der Waals surface area contributed by atoms with Crippen LogP contribution in [-0.4, -0.2) is 17.6 Å². The SMILES string of the molecule is Fc1ccc(-c2csc(N3CC4CCC3C4)n2)cc1. The molecule has 19 heavy (non-hydrogen) atoms. The predicted molar refractivity (Wildman–Crippen MR) is 76.0 cm³/mol. The second-order valence-corrected chi connectivity index (χ2v) is 6.34. The molecule has 0 radical (unpaired) electrons. The molecule has 2 nitrogen and oxygen atoms in total. The van der Waals surface area contributed by atoms with Crippen LogP contribution < -0.4 is 4.90 Å². The molecule has 2 unspecified atom stereocenters. The molecule has 1 aliphatic carbocycles. The molecule has 1 aromatic heterocycles. The Morgan fingerprint density at radius 3 is 2.74 bits per heavy atom. The van der Waals surface area contributed by atoms with Gasteiger partial charge in [-0.2, -0.15) is 0 Å². The zero-order valence-electron chi connectivity index (χ0n) is 10.6. The molecule has 0 amide bonds. The third kappa shape index (κ3) is 1.94. The number of halogens is 1. The molecule has 2 heterocycles. The molecule has 98 valence electrons. The van der Waals surface area contributed by atoms with Gasteiger partial charge in [0.2, 0.25) is 0 Å². The van der Waals surface area contributed by atoms with E-state index < -0.39 is 0 Å². The van der Waals surface area contributed by atoms with Gasteiger partial charge in [0.1, 0.15) is 5.82 Å². The van der Waals surface area contributed by atoms with Gasteiger partial charge in [0.15, 0.2) is 5.13 Å². The summed E-state index contributed by atoms with van der Waals surface area (Å²) in [7, 11) is 0. The first kappa shape index (κ1) is 11.4. The number of rotatable bonds is 2. The van der Waals surface area contributed by atoms with Crippen LogP contribution in [0.2, 0.25) is 0 Å². The van der Waals surface area contributed by atoms with Crippen molar-refractivity contribution in [2.24, 2.45) is 5.92 Å². The quantitative estimate of drug-likeness (QED) is 0.824. The summed E-state index contributed by atoms with van der Waals surface area (Å²) in [4.78, 5) is 7.20. The van der Waals surface area contributed by atoms with Crippen molar-refractivity contribution >= 4 is 16.5 Å². The van der Waals surface area contributed by atoms with Crippen molar-refractivity contribution in [1.82, 2.24) is 4.98 Å². The zero-order chi connectivity index (χ0) is 12.8. The lowest BCUT2D eigenvalue weighted by Gasteiger charge is -2.26. The summed E-state index contributed by atoms with van der Waals surface area (Å²) in [6.07, 6.45) is 4.04. The summed E-state index contributed by atoms with van der Waals surface area (Å²) in [5.74, 6) is 0.680. The fraction of sp³-hybridized carbons (Fsp3) is 0.400. The Hall–Kier alpha value is -1.42. The van der Waals surface area contributed by atoms with Gasteiger partial charge in [0.25, 0.3) is 0 Å². The molecule has 2 aliphatic rings. The number of anilines is 1. The average Bonchev–Trinajstić information content (AvgIpc) is 3.15. The smallest absolute Gasteiger partial charge is 0.186 e. The topological polar surface area (TPSA) is 16.1 Å². The Kier molecular flexibility index (Phi) is 2.58. The van der Waals surface area contributed by atoms with Crippen molar-refractivity contribution in [2.45, 2.75) is 25.3 Å². The first-order valence-electron chi connectivity index (χ1n) is 6.78. The number of aromatic nitrogens is 1. The highest BCUT2D eigenvalue weighted by Gasteiger charge is 2.38. The number of benzene rings is 1. The fourth-order valence-corrected chi connectivity index (χ4v) is 4.22. The molecule has 1 saturated carbocycles. The minimum Gasteiger partial charge on any atom is -0.345 e. The number of hydrogen-bond acceptors (Lipinski definition) is 3. The van der Waals surface area contributed by atoms with E-state index >= 15 is 0 Å². The van der Waals surface area contributed by atoms with E-state index in [1.165, 1.54) is 37.9 Å². The maximum absolute atomic E-state index is 12.9. The van der Waals surface area contributed by atoms with E-state index in [4.69, 9.17) is 4.98 Å². The fourth-order valence-electron chi connectivity index (χ4n) is 3.31. The van der Waals surface area contributed by atoms with Gasteiger partial charge >= 0.3 is 0 Å². The van der Waals surface area contributed by atoms with Crippen molar-refractivity contribution in [3.05, 3.63) is 35.5 Å². The highest BCUT2D eigenvalue weighted by molar-refractivity contribution is 7.14. The second kappa shape index (κ2) is 4.30. The van der Waals surface area contributed by atoms with E-state index in [0.29, 0.717) is 6.04 Å². The molecule has 0 N–H and O–H groups in total. The minimum atomic E-state index is -0.198. The van der Waals surface area contributed by atoms with Crippen LogP contribution in [0.25, 0.3) is 11.3 Å². The van der Waals surface area contributed by atoms with Gasteiger partial charge in [-0.05, 0) is 49.4 Å². The van der Waals surface area contributed by atoms with E-state index in [1.807, 2.05) is 0 Å². The third-order valence-electron chi connectivity index (χ3n) is 4.29. The lowest BCUT2D eigenvalue weighted by atomic mass is 10.1. The van der Waals surface area contributed by atoms with Gasteiger partial charge in [0, 0.05) is 23.5 Å². The number of fused-ring (bicyclic) bond motifs is 2. The molecule has 0 spiro atoms. The highest BCUT2D eigenvalue weighted by Crippen LogP contribution is 2.41. The molecule has 4 heteroatoms. The van der Waals surface area contributed by atoms with Gasteiger partial charge in [-0.3, -0.25) is 0 Å². The van der Waals surface area contributed by atoms with Crippen LogP contribution in [0.4, 0.5) is 9.52 Å². The van der Waals surface area contributed by atoms with Crippen LogP contribution in [0, 0.1) is 11.7 Å². The van der Waals surface area contributed by atoms with Crippen LogP contribution in [-0.2, 0) is 0 Å². The summed E-state index contributed by atoms with van der Waals surface area (Å²) in [6.45, 7) is 1.17. The van der Waals surface area contributed by atoms with E-state index in [1.54, 1.807) is 23.5 Å². The van der Waals surface area contributed by atoms with Gasteiger partial charge in [0.05, 0.1) is 5.69 Å². The molecule has 4 rings (SSSR count). The van der Waals surface area contributed by atoms with Gasteiger partial charge in [-0.25, -0.2) is 9.37 Å². The van der Waals surface area contributed by atoms with E-state index in [0.717, 1.165) is 22.3 Å². The van der Waals surface area contributed by atoms with E-state index in [2.05, 4.69) is 10.3 Å². The number of thiazole rings is 1. The molecule has 2 fully saturated rings. The zero-order valence-corrected chi connectivity index (χ0v) is 11.4. The van der Waals surface area contributed by atoms with Crippen LogP contribution in [0.3, 0.4) is 0 Å². The molecule has 1 aromatic carbocycles. The van der Waals surface area contributed by atoms with Crippen LogP contribution >= 0.6 is 11.3 Å². The molecular formula is C15H15FN2S. The first-order chi connectivity index (χ1) is 9.29. The lowest BCUT2D eigenvalue weighted by Crippen LogP contribution is -2.31. The maximum atomic E-state index is 12.9. The summed E-state index contributed by atoms with van der Waals surface area (Å²) < 4.78 is 12.9. The Morgan fingerprint density at radius 1 is 1.21 bits per heavy atom. The van der Waals surface area contributed by atoms with Crippen molar-refractivity contribution in [3.8, 4) is 11.3 Å². The van der Waals surface area contributed by atoms with Crippen LogP contribution in [0.5, 0.6) is 0 Å². The Bertz CT molecular complexity index is 592.